The first-order valence-corrected chi connectivity index (χ1v) is 11.7. The van der Waals surface area contributed by atoms with E-state index in [-0.39, 0.29) is 5.91 Å². The van der Waals surface area contributed by atoms with E-state index in [2.05, 4.69) is 4.90 Å². The summed E-state index contributed by atoms with van der Waals surface area (Å²) in [7, 11) is -3.41. The van der Waals surface area contributed by atoms with E-state index in [4.69, 9.17) is 0 Å². The van der Waals surface area contributed by atoms with Crippen molar-refractivity contribution in [2.75, 3.05) is 44.2 Å². The number of benzene rings is 1. The Labute approximate surface area is 162 Å². The molecule has 1 aromatic rings. The summed E-state index contributed by atoms with van der Waals surface area (Å²) in [5.41, 5.74) is 1.87. The smallest absolute Gasteiger partial charge is 0.243 e. The minimum Gasteiger partial charge on any atom is -0.311 e. The van der Waals surface area contributed by atoms with Crippen molar-refractivity contribution in [2.45, 2.75) is 49.8 Å². The number of piperidine rings is 1. The molecule has 4 rings (SSSR count). The number of anilines is 1. The third-order valence-corrected chi connectivity index (χ3v) is 7.88. The van der Waals surface area contributed by atoms with E-state index < -0.39 is 10.0 Å². The van der Waals surface area contributed by atoms with Crippen LogP contribution in [0.4, 0.5) is 5.69 Å². The van der Waals surface area contributed by atoms with Gasteiger partial charge in [-0.05, 0) is 75.4 Å². The van der Waals surface area contributed by atoms with Gasteiger partial charge in [-0.1, -0.05) is 6.42 Å². The van der Waals surface area contributed by atoms with Crippen LogP contribution in [0, 0.1) is 0 Å². The molecule has 148 valence electrons. The van der Waals surface area contributed by atoms with Crippen molar-refractivity contribution in [2.24, 2.45) is 0 Å². The molecule has 6 nitrogen and oxygen atoms in total. The Hall–Kier alpha value is -1.44. The fraction of sp³-hybridized carbons (Fsp3) is 0.650. The average molecular weight is 392 g/mol. The van der Waals surface area contributed by atoms with E-state index in [1.165, 1.54) is 19.3 Å². The van der Waals surface area contributed by atoms with Crippen molar-refractivity contribution in [1.29, 1.82) is 0 Å². The lowest BCUT2D eigenvalue weighted by Crippen LogP contribution is -2.44. The van der Waals surface area contributed by atoms with Crippen molar-refractivity contribution >= 4 is 21.6 Å². The minimum absolute atomic E-state index is 0.132. The zero-order chi connectivity index (χ0) is 18.9. The predicted octanol–water partition coefficient (Wildman–Crippen LogP) is 2.24. The molecule has 0 saturated carbocycles. The van der Waals surface area contributed by atoms with Gasteiger partial charge >= 0.3 is 0 Å². The number of nitrogens with zero attached hydrogens (tertiary/aromatic N) is 3. The second-order valence-corrected chi connectivity index (χ2v) is 9.83. The molecule has 3 aliphatic heterocycles. The SMILES string of the molecule is O=C(CN1CCCCC1)N1CCCc2cc(S(=O)(=O)N3CCCC3)ccc21. The molecule has 7 heteroatoms. The van der Waals surface area contributed by atoms with Crippen LogP contribution >= 0.6 is 0 Å². The number of fused-ring (bicyclic) bond motifs is 1. The Kier molecular flexibility index (Phi) is 5.53. The molecule has 3 aliphatic rings. The highest BCUT2D eigenvalue weighted by molar-refractivity contribution is 7.89. The van der Waals surface area contributed by atoms with E-state index in [9.17, 15) is 13.2 Å². The zero-order valence-electron chi connectivity index (χ0n) is 15.9. The number of aryl methyl sites for hydroxylation is 1. The summed E-state index contributed by atoms with van der Waals surface area (Å²) in [5, 5.41) is 0. The highest BCUT2D eigenvalue weighted by Crippen LogP contribution is 2.31. The Morgan fingerprint density at radius 3 is 2.33 bits per heavy atom. The van der Waals surface area contributed by atoms with E-state index in [1.807, 2.05) is 11.0 Å². The number of amides is 1. The average Bonchev–Trinajstić information content (AvgIpc) is 3.23. The molecule has 0 aromatic heterocycles. The van der Waals surface area contributed by atoms with Crippen LogP contribution in [-0.2, 0) is 21.2 Å². The van der Waals surface area contributed by atoms with Gasteiger partial charge < -0.3 is 4.90 Å². The maximum atomic E-state index is 12.9. The van der Waals surface area contributed by atoms with E-state index in [1.54, 1.807) is 16.4 Å². The third-order valence-electron chi connectivity index (χ3n) is 5.98. The summed E-state index contributed by atoms with van der Waals surface area (Å²) >= 11 is 0. The van der Waals surface area contributed by atoms with Crippen LogP contribution in [0.25, 0.3) is 0 Å². The second kappa shape index (κ2) is 7.89. The lowest BCUT2D eigenvalue weighted by Gasteiger charge is -2.33. The highest BCUT2D eigenvalue weighted by Gasteiger charge is 2.30. The molecule has 1 amide bonds. The molecule has 0 radical (unpaired) electrons. The number of hydrogen-bond donors (Lipinski definition) is 0. The van der Waals surface area contributed by atoms with Gasteiger partial charge in [0, 0.05) is 25.3 Å². The van der Waals surface area contributed by atoms with Crippen molar-refractivity contribution in [3.05, 3.63) is 23.8 Å². The number of rotatable bonds is 4. The largest absolute Gasteiger partial charge is 0.311 e. The minimum atomic E-state index is -3.41. The second-order valence-electron chi connectivity index (χ2n) is 7.89. The van der Waals surface area contributed by atoms with Gasteiger partial charge in [0.1, 0.15) is 0 Å². The maximum absolute atomic E-state index is 12.9. The first kappa shape index (κ1) is 18.9. The van der Waals surface area contributed by atoms with Gasteiger partial charge in [-0.3, -0.25) is 9.69 Å². The van der Waals surface area contributed by atoms with Gasteiger partial charge in [-0.25, -0.2) is 8.42 Å². The molecule has 27 heavy (non-hydrogen) atoms. The van der Waals surface area contributed by atoms with Gasteiger partial charge in [0.2, 0.25) is 15.9 Å². The summed E-state index contributed by atoms with van der Waals surface area (Å²) in [6.45, 7) is 4.41. The van der Waals surface area contributed by atoms with Gasteiger partial charge in [0.15, 0.2) is 0 Å². The van der Waals surface area contributed by atoms with Gasteiger partial charge in [-0.2, -0.15) is 4.31 Å². The van der Waals surface area contributed by atoms with Gasteiger partial charge in [0.25, 0.3) is 0 Å². The molecule has 2 fully saturated rings. The third kappa shape index (κ3) is 3.91. The van der Waals surface area contributed by atoms with E-state index in [0.717, 1.165) is 56.6 Å². The number of hydrogen-bond acceptors (Lipinski definition) is 4. The summed E-state index contributed by atoms with van der Waals surface area (Å²) in [5.74, 6) is 0.132. The fourth-order valence-corrected chi connectivity index (χ4v) is 6.03. The molecule has 2 saturated heterocycles. The van der Waals surface area contributed by atoms with E-state index >= 15 is 0 Å². The molecule has 0 aliphatic carbocycles. The van der Waals surface area contributed by atoms with Gasteiger partial charge in [0.05, 0.1) is 11.4 Å². The Bertz CT molecular complexity index is 797. The molecule has 0 spiro atoms. The van der Waals surface area contributed by atoms with Gasteiger partial charge in [-0.15, -0.1) is 0 Å². The molecule has 0 unspecified atom stereocenters. The molecule has 3 heterocycles. The van der Waals surface area contributed by atoms with Crippen molar-refractivity contribution in [1.82, 2.24) is 9.21 Å². The maximum Gasteiger partial charge on any atom is 0.243 e. The summed E-state index contributed by atoms with van der Waals surface area (Å²) in [6.07, 6.45) is 7.17. The lowest BCUT2D eigenvalue weighted by atomic mass is 10.0. The monoisotopic (exact) mass is 391 g/mol. The highest BCUT2D eigenvalue weighted by atomic mass is 32.2. The first-order valence-electron chi connectivity index (χ1n) is 10.2. The predicted molar refractivity (Wildman–Crippen MR) is 105 cm³/mol. The van der Waals surface area contributed by atoms with Crippen molar-refractivity contribution in [3.8, 4) is 0 Å². The normalized spacial score (nSPS) is 22.0. The summed E-state index contributed by atoms with van der Waals surface area (Å²) in [4.78, 5) is 17.3. The number of carbonyl (C=O) groups excluding carboxylic acids is 1. The summed E-state index contributed by atoms with van der Waals surface area (Å²) in [6, 6.07) is 5.31. The fourth-order valence-electron chi connectivity index (χ4n) is 4.46. The molecule has 1 aromatic carbocycles. The Morgan fingerprint density at radius 1 is 0.889 bits per heavy atom. The zero-order valence-corrected chi connectivity index (χ0v) is 16.7. The number of likely N-dealkylation sites (tertiary alicyclic amines) is 1. The molecule has 0 atom stereocenters. The van der Waals surface area contributed by atoms with Crippen LogP contribution in [-0.4, -0.2) is 62.8 Å². The topological polar surface area (TPSA) is 60.9 Å². The Morgan fingerprint density at radius 2 is 1.59 bits per heavy atom. The molecule has 0 N–H and O–H groups in total. The van der Waals surface area contributed by atoms with E-state index in [0.29, 0.717) is 24.5 Å². The quantitative estimate of drug-likeness (QED) is 0.790. The molecular formula is C20H29N3O3S. The molecular weight excluding hydrogens is 362 g/mol. The lowest BCUT2D eigenvalue weighted by molar-refractivity contribution is -0.120. The van der Waals surface area contributed by atoms with Crippen LogP contribution in [0.1, 0.15) is 44.1 Å². The summed E-state index contributed by atoms with van der Waals surface area (Å²) < 4.78 is 27.3. The van der Waals surface area contributed by atoms with Crippen LogP contribution in [0.5, 0.6) is 0 Å². The first-order chi connectivity index (χ1) is 13.1. The number of sulfonamides is 1. The number of carbonyl (C=O) groups is 1. The standard InChI is InChI=1S/C20H29N3O3S/c24-20(16-21-10-2-1-3-11-21)23-14-6-7-17-15-18(8-9-19(17)23)27(25,26)22-12-4-5-13-22/h8-9,15H,1-7,10-14,16H2. The Balaban J connectivity index is 1.53. The van der Waals surface area contributed by atoms with Crippen LogP contribution in [0.2, 0.25) is 0 Å². The molecule has 0 bridgehead atoms. The van der Waals surface area contributed by atoms with Crippen LogP contribution in [0.15, 0.2) is 23.1 Å². The van der Waals surface area contributed by atoms with Crippen LogP contribution in [0.3, 0.4) is 0 Å². The van der Waals surface area contributed by atoms with Crippen molar-refractivity contribution < 1.29 is 13.2 Å². The van der Waals surface area contributed by atoms with Crippen molar-refractivity contribution in [3.63, 3.8) is 0 Å². The van der Waals surface area contributed by atoms with Crippen LogP contribution < -0.4 is 4.90 Å².